The van der Waals surface area contributed by atoms with Crippen molar-refractivity contribution >= 4 is 35.6 Å². The summed E-state index contributed by atoms with van der Waals surface area (Å²) in [6.45, 7) is 6.10. The van der Waals surface area contributed by atoms with Crippen molar-refractivity contribution in [1.82, 2.24) is 15.1 Å². The minimum atomic E-state index is -0.190. The first kappa shape index (κ1) is 23.2. The molecule has 0 unspecified atom stereocenters. The first-order valence-corrected chi connectivity index (χ1v) is 9.75. The molecule has 28 heavy (non-hydrogen) atoms. The van der Waals surface area contributed by atoms with Crippen molar-refractivity contribution in [3.8, 4) is 0 Å². The number of nitrogens with one attached hydrogen (secondary N) is 1. The molecule has 3 rings (SSSR count). The molecule has 1 aromatic rings. The molecule has 0 amide bonds. The molecule has 2 aliphatic rings. The van der Waals surface area contributed by atoms with Gasteiger partial charge in [0.05, 0.1) is 0 Å². The number of benzene rings is 1. The van der Waals surface area contributed by atoms with E-state index in [0.29, 0.717) is 0 Å². The Bertz CT molecular complexity index is 626. The minimum absolute atomic E-state index is 0. The van der Waals surface area contributed by atoms with E-state index in [-0.39, 0.29) is 35.3 Å². The van der Waals surface area contributed by atoms with Crippen LogP contribution in [0.2, 0.25) is 0 Å². The number of guanidine groups is 1. The van der Waals surface area contributed by atoms with Gasteiger partial charge in [0.2, 0.25) is 0 Å². The fourth-order valence-corrected chi connectivity index (χ4v) is 3.94. The smallest absolute Gasteiger partial charge is 0.193 e. The Morgan fingerprint density at radius 3 is 2.29 bits per heavy atom. The molecule has 0 aromatic heterocycles. The molecule has 0 bridgehead atoms. The maximum absolute atomic E-state index is 13.1. The molecule has 1 N–H and O–H groups in total. The molecule has 0 atom stereocenters. The first-order valence-electron chi connectivity index (χ1n) is 9.75. The lowest BCUT2D eigenvalue weighted by atomic mass is 9.88. The number of piperazine rings is 1. The molecule has 0 aliphatic carbocycles. The van der Waals surface area contributed by atoms with E-state index in [0.717, 1.165) is 70.4 Å². The number of nitrogens with zero attached hydrogens (tertiary/aromatic N) is 4. The normalized spacial score (nSPS) is 20.1. The van der Waals surface area contributed by atoms with Crippen molar-refractivity contribution < 1.29 is 9.13 Å². The van der Waals surface area contributed by atoms with E-state index in [1.54, 1.807) is 0 Å². The van der Waals surface area contributed by atoms with Crippen molar-refractivity contribution in [2.75, 3.05) is 72.0 Å². The third kappa shape index (κ3) is 5.48. The van der Waals surface area contributed by atoms with Crippen LogP contribution in [0.15, 0.2) is 29.3 Å². The fraction of sp³-hybridized carbons (Fsp3) is 0.650. The molecule has 1 aromatic carbocycles. The molecule has 2 saturated heterocycles. The van der Waals surface area contributed by atoms with Gasteiger partial charge in [0.1, 0.15) is 5.82 Å². The van der Waals surface area contributed by atoms with E-state index in [2.05, 4.69) is 39.1 Å². The van der Waals surface area contributed by atoms with E-state index in [9.17, 15) is 4.39 Å². The molecular formula is C20H33FIN5O. The van der Waals surface area contributed by atoms with Crippen LogP contribution >= 0.6 is 24.0 Å². The van der Waals surface area contributed by atoms with Gasteiger partial charge in [-0.25, -0.2) is 4.39 Å². The molecule has 2 heterocycles. The van der Waals surface area contributed by atoms with E-state index >= 15 is 0 Å². The monoisotopic (exact) mass is 505 g/mol. The SMILES string of the molecule is CN=C(NCC1(N(C)C)CCOCC1)N1CCN(c2ccc(F)cc2)CC1.I. The van der Waals surface area contributed by atoms with Gasteiger partial charge in [-0.2, -0.15) is 0 Å². The van der Waals surface area contributed by atoms with Gasteiger partial charge in [0, 0.05) is 64.2 Å². The summed E-state index contributed by atoms with van der Waals surface area (Å²) < 4.78 is 18.7. The van der Waals surface area contributed by atoms with Gasteiger partial charge in [0.15, 0.2) is 5.96 Å². The quantitative estimate of drug-likeness (QED) is 0.387. The number of rotatable bonds is 4. The molecule has 158 valence electrons. The third-order valence-electron chi connectivity index (χ3n) is 5.93. The Balaban J connectivity index is 0.00000280. The lowest BCUT2D eigenvalue weighted by Gasteiger charge is -2.44. The van der Waals surface area contributed by atoms with Crippen molar-refractivity contribution in [1.29, 1.82) is 0 Å². The zero-order valence-corrected chi connectivity index (χ0v) is 19.5. The van der Waals surface area contributed by atoms with E-state index in [1.165, 1.54) is 12.1 Å². The first-order chi connectivity index (χ1) is 13.0. The van der Waals surface area contributed by atoms with Crippen molar-refractivity contribution in [2.45, 2.75) is 18.4 Å². The molecule has 0 saturated carbocycles. The Morgan fingerprint density at radius 2 is 1.75 bits per heavy atom. The number of halogens is 2. The summed E-state index contributed by atoms with van der Waals surface area (Å²) in [4.78, 5) is 11.4. The number of hydrogen-bond donors (Lipinski definition) is 1. The summed E-state index contributed by atoms with van der Waals surface area (Å²) in [5.41, 5.74) is 1.19. The van der Waals surface area contributed by atoms with Crippen LogP contribution < -0.4 is 10.2 Å². The second-order valence-corrected chi connectivity index (χ2v) is 7.58. The Labute approximate surface area is 185 Å². The zero-order chi connectivity index (χ0) is 19.3. The highest BCUT2D eigenvalue weighted by Gasteiger charge is 2.35. The van der Waals surface area contributed by atoms with Gasteiger partial charge < -0.3 is 24.8 Å². The summed E-state index contributed by atoms with van der Waals surface area (Å²) >= 11 is 0. The molecule has 0 spiro atoms. The Morgan fingerprint density at radius 1 is 1.14 bits per heavy atom. The van der Waals surface area contributed by atoms with Gasteiger partial charge >= 0.3 is 0 Å². The van der Waals surface area contributed by atoms with Crippen LogP contribution in [0.3, 0.4) is 0 Å². The van der Waals surface area contributed by atoms with Crippen LogP contribution in [0.25, 0.3) is 0 Å². The van der Waals surface area contributed by atoms with Crippen LogP contribution in [0, 0.1) is 5.82 Å². The summed E-state index contributed by atoms with van der Waals surface area (Å²) in [5, 5.41) is 3.60. The minimum Gasteiger partial charge on any atom is -0.381 e. The fourth-order valence-electron chi connectivity index (χ4n) is 3.94. The average Bonchev–Trinajstić information content (AvgIpc) is 2.70. The number of anilines is 1. The molecule has 6 nitrogen and oxygen atoms in total. The van der Waals surface area contributed by atoms with Crippen LogP contribution in [-0.4, -0.2) is 88.4 Å². The van der Waals surface area contributed by atoms with E-state index < -0.39 is 0 Å². The lowest BCUT2D eigenvalue weighted by molar-refractivity contribution is -0.00526. The maximum Gasteiger partial charge on any atom is 0.193 e. The number of ether oxygens (including phenoxy) is 1. The van der Waals surface area contributed by atoms with Crippen molar-refractivity contribution in [2.24, 2.45) is 4.99 Å². The largest absolute Gasteiger partial charge is 0.381 e. The Hall–Kier alpha value is -1.13. The number of hydrogen-bond acceptors (Lipinski definition) is 4. The molecule has 2 aliphatic heterocycles. The highest BCUT2D eigenvalue weighted by Crippen LogP contribution is 2.25. The van der Waals surface area contributed by atoms with Gasteiger partial charge in [-0.1, -0.05) is 0 Å². The summed E-state index contributed by atoms with van der Waals surface area (Å²) in [6, 6.07) is 6.75. The Kier molecular flexibility index (Phi) is 8.76. The summed E-state index contributed by atoms with van der Waals surface area (Å²) in [7, 11) is 6.15. The van der Waals surface area contributed by atoms with Crippen molar-refractivity contribution in [3.05, 3.63) is 30.1 Å². The second-order valence-electron chi connectivity index (χ2n) is 7.58. The van der Waals surface area contributed by atoms with Crippen molar-refractivity contribution in [3.63, 3.8) is 0 Å². The predicted octanol–water partition coefficient (Wildman–Crippen LogP) is 2.25. The second kappa shape index (κ2) is 10.6. The molecule has 0 radical (unpaired) electrons. The van der Waals surface area contributed by atoms with Gasteiger partial charge in [-0.05, 0) is 51.2 Å². The third-order valence-corrected chi connectivity index (χ3v) is 5.93. The highest BCUT2D eigenvalue weighted by molar-refractivity contribution is 14.0. The summed E-state index contributed by atoms with van der Waals surface area (Å²) in [5.74, 6) is 0.770. The topological polar surface area (TPSA) is 43.3 Å². The molecular weight excluding hydrogens is 472 g/mol. The van der Waals surface area contributed by atoms with Crippen LogP contribution in [0.4, 0.5) is 10.1 Å². The van der Waals surface area contributed by atoms with Crippen LogP contribution in [0.1, 0.15) is 12.8 Å². The van der Waals surface area contributed by atoms with Crippen LogP contribution in [0.5, 0.6) is 0 Å². The van der Waals surface area contributed by atoms with Gasteiger partial charge in [-0.3, -0.25) is 4.99 Å². The number of likely N-dealkylation sites (N-methyl/N-ethyl adjacent to an activating group) is 1. The van der Waals surface area contributed by atoms with Gasteiger partial charge in [-0.15, -0.1) is 24.0 Å². The average molecular weight is 505 g/mol. The van der Waals surface area contributed by atoms with E-state index in [4.69, 9.17) is 4.74 Å². The molecule has 2 fully saturated rings. The maximum atomic E-state index is 13.1. The predicted molar refractivity (Wildman–Crippen MR) is 123 cm³/mol. The van der Waals surface area contributed by atoms with Crippen LogP contribution in [-0.2, 0) is 4.74 Å². The number of aliphatic imine (C=N–C) groups is 1. The summed E-state index contributed by atoms with van der Waals surface area (Å²) in [6.07, 6.45) is 2.06. The lowest BCUT2D eigenvalue weighted by Crippen LogP contribution is -2.59. The highest BCUT2D eigenvalue weighted by atomic mass is 127. The standard InChI is InChI=1S/C20H32FN5O.HI/c1-22-19(23-16-20(24(2)3)8-14-27-15-9-20)26-12-10-25(11-13-26)18-6-4-17(21)5-7-18;/h4-7H,8-16H2,1-3H3,(H,22,23);1H. The van der Waals surface area contributed by atoms with E-state index in [1.807, 2.05) is 19.2 Å². The zero-order valence-electron chi connectivity index (χ0n) is 17.2. The molecule has 8 heteroatoms. The van der Waals surface area contributed by atoms with Gasteiger partial charge in [0.25, 0.3) is 0 Å².